The predicted molar refractivity (Wildman–Crippen MR) is 116 cm³/mol. The number of aliphatic hydroxyl groups is 1. The Bertz CT molecular complexity index is 852. The molecule has 2 aromatic rings. The van der Waals surface area contributed by atoms with Crippen molar-refractivity contribution in [3.63, 3.8) is 0 Å². The van der Waals surface area contributed by atoms with Crippen LogP contribution in [0.5, 0.6) is 5.75 Å². The lowest BCUT2D eigenvalue weighted by atomic mass is 10.0. The van der Waals surface area contributed by atoms with Crippen LogP contribution in [0.1, 0.15) is 29.3 Å². The molecule has 2 aromatic carbocycles. The Hall–Kier alpha value is -2.35. The van der Waals surface area contributed by atoms with Gasteiger partial charge in [0.15, 0.2) is 5.78 Å². The highest BCUT2D eigenvalue weighted by atomic mass is 19.1. The van der Waals surface area contributed by atoms with Gasteiger partial charge in [-0.3, -0.25) is 9.69 Å². The summed E-state index contributed by atoms with van der Waals surface area (Å²) in [6, 6.07) is 9.78. The summed E-state index contributed by atoms with van der Waals surface area (Å²) in [5, 5.41) is 10.4. The van der Waals surface area contributed by atoms with Crippen LogP contribution in [0.25, 0.3) is 0 Å². The maximum Gasteiger partial charge on any atom is 0.167 e. The average molecular weight is 433 g/mol. The topological polar surface area (TPSA) is 53.0 Å². The quantitative estimate of drug-likeness (QED) is 0.585. The summed E-state index contributed by atoms with van der Waals surface area (Å²) in [5.74, 6) is -0.849. The first-order chi connectivity index (χ1) is 14.9. The number of ketones is 1. The molecule has 1 fully saturated rings. The number of aryl methyl sites for hydroxylation is 1. The van der Waals surface area contributed by atoms with E-state index in [1.165, 1.54) is 30.3 Å². The van der Waals surface area contributed by atoms with Crippen LogP contribution < -0.4 is 4.74 Å². The number of nitrogens with zero attached hydrogens (tertiary/aromatic N) is 2. The smallest absolute Gasteiger partial charge is 0.167 e. The summed E-state index contributed by atoms with van der Waals surface area (Å²) in [6.45, 7) is 7.44. The van der Waals surface area contributed by atoms with Gasteiger partial charge < -0.3 is 14.7 Å². The number of carbonyl (C=O) groups is 1. The van der Waals surface area contributed by atoms with Crippen LogP contribution in [0.4, 0.5) is 8.78 Å². The van der Waals surface area contributed by atoms with Gasteiger partial charge in [0, 0.05) is 39.1 Å². The zero-order valence-corrected chi connectivity index (χ0v) is 17.9. The first-order valence-electron chi connectivity index (χ1n) is 10.8. The van der Waals surface area contributed by atoms with Gasteiger partial charge in [-0.1, -0.05) is 19.1 Å². The van der Waals surface area contributed by atoms with E-state index in [9.17, 15) is 18.7 Å². The van der Waals surface area contributed by atoms with Crippen molar-refractivity contribution < 1.29 is 23.4 Å². The maximum absolute atomic E-state index is 13.8. The van der Waals surface area contributed by atoms with E-state index in [2.05, 4.69) is 16.7 Å². The molecule has 31 heavy (non-hydrogen) atoms. The Kier molecular flexibility index (Phi) is 8.51. The molecule has 3 rings (SSSR count). The Morgan fingerprint density at radius 1 is 1.03 bits per heavy atom. The number of carbonyl (C=O) groups excluding carboxylic acids is 1. The van der Waals surface area contributed by atoms with Crippen molar-refractivity contribution in [3.8, 4) is 5.75 Å². The molecule has 168 valence electrons. The van der Waals surface area contributed by atoms with Crippen molar-refractivity contribution in [3.05, 3.63) is 65.2 Å². The Morgan fingerprint density at radius 3 is 2.35 bits per heavy atom. The number of hydrogen-bond donors (Lipinski definition) is 1. The van der Waals surface area contributed by atoms with Gasteiger partial charge in [0.05, 0.1) is 5.56 Å². The zero-order chi connectivity index (χ0) is 22.2. The molecule has 1 aliphatic heterocycles. The van der Waals surface area contributed by atoms with Gasteiger partial charge in [0.25, 0.3) is 0 Å². The van der Waals surface area contributed by atoms with E-state index in [1.54, 1.807) is 12.1 Å². The third-order valence-corrected chi connectivity index (χ3v) is 5.61. The number of halogens is 2. The fourth-order valence-corrected chi connectivity index (χ4v) is 3.71. The second-order valence-corrected chi connectivity index (χ2v) is 7.89. The second kappa shape index (κ2) is 11.3. The number of ether oxygens (including phenoxy) is 1. The number of piperazine rings is 1. The molecule has 0 aliphatic carbocycles. The van der Waals surface area contributed by atoms with Gasteiger partial charge in [-0.05, 0) is 48.9 Å². The summed E-state index contributed by atoms with van der Waals surface area (Å²) in [5.41, 5.74) is 0.984. The Labute approximate surface area is 182 Å². The molecule has 1 saturated heterocycles. The predicted octanol–water partition coefficient (Wildman–Crippen LogP) is 3.16. The molecule has 1 unspecified atom stereocenters. The minimum Gasteiger partial charge on any atom is -0.490 e. The first kappa shape index (κ1) is 23.3. The molecule has 1 atom stereocenters. The highest BCUT2D eigenvalue weighted by Gasteiger charge is 2.20. The van der Waals surface area contributed by atoms with E-state index in [0.29, 0.717) is 13.0 Å². The molecule has 0 amide bonds. The van der Waals surface area contributed by atoms with Gasteiger partial charge in [-0.25, -0.2) is 8.78 Å². The van der Waals surface area contributed by atoms with Crippen molar-refractivity contribution >= 4 is 5.78 Å². The Balaban J connectivity index is 1.54. The first-order valence-corrected chi connectivity index (χ1v) is 10.8. The Morgan fingerprint density at radius 2 is 1.68 bits per heavy atom. The standard InChI is InChI=1S/C24H30F2N2O3/c1-2-27-11-13-28(14-12-27)16-21(29)17-31-24-10-8-20(26)15-22(24)23(30)9-5-18-3-6-19(25)7-4-18/h3-4,6-8,10,15,21,29H,2,5,9,11-14,16-17H2,1H3. The summed E-state index contributed by atoms with van der Waals surface area (Å²) in [4.78, 5) is 17.2. The summed E-state index contributed by atoms with van der Waals surface area (Å²) in [7, 11) is 0. The van der Waals surface area contributed by atoms with Gasteiger partial charge in [0.1, 0.15) is 30.1 Å². The average Bonchev–Trinajstić information content (AvgIpc) is 2.78. The van der Waals surface area contributed by atoms with Crippen molar-refractivity contribution in [1.29, 1.82) is 0 Å². The molecule has 0 saturated carbocycles. The van der Waals surface area contributed by atoms with E-state index in [4.69, 9.17) is 4.74 Å². The van der Waals surface area contributed by atoms with Crippen molar-refractivity contribution in [1.82, 2.24) is 9.80 Å². The lowest BCUT2D eigenvalue weighted by Crippen LogP contribution is -2.49. The molecule has 0 spiro atoms. The molecule has 0 radical (unpaired) electrons. The van der Waals surface area contributed by atoms with E-state index >= 15 is 0 Å². The van der Waals surface area contributed by atoms with E-state index in [1.807, 2.05) is 0 Å². The molecule has 5 nitrogen and oxygen atoms in total. The fraction of sp³-hybridized carbons (Fsp3) is 0.458. The van der Waals surface area contributed by atoms with E-state index in [0.717, 1.165) is 38.3 Å². The van der Waals surface area contributed by atoms with E-state index in [-0.39, 0.29) is 35.9 Å². The number of rotatable bonds is 10. The third-order valence-electron chi connectivity index (χ3n) is 5.61. The zero-order valence-electron chi connectivity index (χ0n) is 17.9. The van der Waals surface area contributed by atoms with Crippen molar-refractivity contribution in [2.24, 2.45) is 0 Å². The van der Waals surface area contributed by atoms with Gasteiger partial charge in [0.2, 0.25) is 0 Å². The largest absolute Gasteiger partial charge is 0.490 e. The lowest BCUT2D eigenvalue weighted by molar-refractivity contribution is 0.0467. The molecular weight excluding hydrogens is 402 g/mol. The molecule has 1 aliphatic rings. The highest BCUT2D eigenvalue weighted by molar-refractivity contribution is 5.98. The molecular formula is C24H30F2N2O3. The fourth-order valence-electron chi connectivity index (χ4n) is 3.71. The number of Topliss-reactive ketones (excluding diaryl/α,β-unsaturated/α-hetero) is 1. The number of hydrogen-bond acceptors (Lipinski definition) is 5. The molecule has 0 aromatic heterocycles. The third kappa shape index (κ3) is 7.09. The maximum atomic E-state index is 13.8. The van der Waals surface area contributed by atoms with Gasteiger partial charge in [-0.2, -0.15) is 0 Å². The normalized spacial score (nSPS) is 16.3. The number of likely N-dealkylation sites (N-methyl/N-ethyl adjacent to an activating group) is 1. The molecule has 0 bridgehead atoms. The lowest BCUT2D eigenvalue weighted by Gasteiger charge is -2.34. The monoisotopic (exact) mass is 432 g/mol. The number of benzene rings is 2. The van der Waals surface area contributed by atoms with Crippen LogP contribution in [0.3, 0.4) is 0 Å². The van der Waals surface area contributed by atoms with Gasteiger partial charge in [-0.15, -0.1) is 0 Å². The summed E-state index contributed by atoms with van der Waals surface area (Å²) in [6.07, 6.45) is -0.141. The molecule has 1 heterocycles. The summed E-state index contributed by atoms with van der Waals surface area (Å²) < 4.78 is 32.5. The number of aliphatic hydroxyl groups excluding tert-OH is 1. The van der Waals surface area contributed by atoms with Gasteiger partial charge >= 0.3 is 0 Å². The molecule has 7 heteroatoms. The van der Waals surface area contributed by atoms with E-state index < -0.39 is 11.9 Å². The molecule has 1 N–H and O–H groups in total. The minimum absolute atomic E-state index is 0.0257. The number of β-amino-alcohol motifs (C(OH)–C–C–N with tert-alkyl or cyclic N) is 1. The van der Waals surface area contributed by atoms with Crippen LogP contribution in [-0.2, 0) is 6.42 Å². The van der Waals surface area contributed by atoms with Crippen molar-refractivity contribution in [2.75, 3.05) is 45.9 Å². The SMILES string of the molecule is CCN1CCN(CC(O)COc2ccc(F)cc2C(=O)CCc2ccc(F)cc2)CC1. The van der Waals surface area contributed by atoms with Crippen LogP contribution in [-0.4, -0.2) is 72.7 Å². The minimum atomic E-state index is -0.708. The van der Waals surface area contributed by atoms with Crippen LogP contribution in [0.15, 0.2) is 42.5 Å². The van der Waals surface area contributed by atoms with Crippen LogP contribution in [0.2, 0.25) is 0 Å². The summed E-state index contributed by atoms with van der Waals surface area (Å²) >= 11 is 0. The van der Waals surface area contributed by atoms with Crippen molar-refractivity contribution in [2.45, 2.75) is 25.9 Å². The van der Waals surface area contributed by atoms with Crippen LogP contribution >= 0.6 is 0 Å². The van der Waals surface area contributed by atoms with Crippen LogP contribution in [0, 0.1) is 11.6 Å². The highest BCUT2D eigenvalue weighted by Crippen LogP contribution is 2.23. The second-order valence-electron chi connectivity index (χ2n) is 7.89.